The first kappa shape index (κ1) is 18.5. The second-order valence-corrected chi connectivity index (χ2v) is 7.26. The molecule has 0 radical (unpaired) electrons. The Bertz CT molecular complexity index is 910. The Hall–Kier alpha value is -2.33. The van der Waals surface area contributed by atoms with Crippen molar-refractivity contribution < 1.29 is 9.84 Å². The lowest BCUT2D eigenvalue weighted by Gasteiger charge is -2.16. The van der Waals surface area contributed by atoms with Crippen LogP contribution in [0.25, 0.3) is 11.0 Å². The minimum Gasteiger partial charge on any atom is -0.491 e. The van der Waals surface area contributed by atoms with Gasteiger partial charge in [-0.15, -0.1) is 0 Å². The quantitative estimate of drug-likeness (QED) is 0.686. The number of aromatic nitrogens is 2. The summed E-state index contributed by atoms with van der Waals surface area (Å²) >= 11 is 0. The van der Waals surface area contributed by atoms with Crippen LogP contribution in [0.4, 0.5) is 0 Å². The molecule has 0 spiro atoms. The van der Waals surface area contributed by atoms with Gasteiger partial charge in [0.1, 0.15) is 24.3 Å². The van der Waals surface area contributed by atoms with Gasteiger partial charge in [0.05, 0.1) is 17.6 Å². The zero-order valence-corrected chi connectivity index (χ0v) is 16.3. The van der Waals surface area contributed by atoms with Crippen LogP contribution in [0.2, 0.25) is 0 Å². The van der Waals surface area contributed by atoms with E-state index in [9.17, 15) is 5.11 Å². The fourth-order valence-corrected chi connectivity index (χ4v) is 3.29. The number of imidazole rings is 1. The lowest BCUT2D eigenvalue weighted by molar-refractivity contribution is 0.181. The van der Waals surface area contributed by atoms with Crippen LogP contribution in [-0.2, 0) is 6.54 Å². The molecule has 3 aromatic rings. The first-order valence-electron chi connectivity index (χ1n) is 9.25. The van der Waals surface area contributed by atoms with E-state index >= 15 is 0 Å². The van der Waals surface area contributed by atoms with Gasteiger partial charge in [0.15, 0.2) is 0 Å². The molecule has 26 heavy (non-hydrogen) atoms. The molecule has 4 nitrogen and oxygen atoms in total. The van der Waals surface area contributed by atoms with Crippen LogP contribution in [0.5, 0.6) is 5.75 Å². The number of benzene rings is 2. The summed E-state index contributed by atoms with van der Waals surface area (Å²) in [5, 5.41) is 10.2. The molecule has 1 heterocycles. The van der Waals surface area contributed by atoms with Crippen LogP contribution in [0.3, 0.4) is 0 Å². The maximum absolute atomic E-state index is 10.2. The molecule has 4 heteroatoms. The number of ether oxygens (including phenoxy) is 1. The highest BCUT2D eigenvalue weighted by Gasteiger charge is 2.16. The summed E-state index contributed by atoms with van der Waals surface area (Å²) in [6.45, 7) is 11.5. The lowest BCUT2D eigenvalue weighted by atomic mass is 10.0. The average Bonchev–Trinajstić information content (AvgIpc) is 2.93. The first-order chi connectivity index (χ1) is 12.4. The van der Waals surface area contributed by atoms with Crippen molar-refractivity contribution in [3.63, 3.8) is 0 Å². The van der Waals surface area contributed by atoms with Gasteiger partial charge in [0.25, 0.3) is 0 Å². The summed E-state index contributed by atoms with van der Waals surface area (Å²) in [6, 6.07) is 12.4. The Labute approximate surface area is 155 Å². The van der Waals surface area contributed by atoms with Crippen LogP contribution in [0, 0.1) is 13.8 Å². The Morgan fingerprint density at radius 2 is 1.77 bits per heavy atom. The maximum atomic E-state index is 10.2. The number of fused-ring (bicyclic) bond motifs is 1. The van der Waals surface area contributed by atoms with Crippen molar-refractivity contribution in [2.24, 2.45) is 0 Å². The van der Waals surface area contributed by atoms with Crippen molar-refractivity contribution in [1.82, 2.24) is 9.55 Å². The Morgan fingerprint density at radius 1 is 1.08 bits per heavy atom. The van der Waals surface area contributed by atoms with Gasteiger partial charge in [-0.2, -0.15) is 0 Å². The molecule has 0 aliphatic heterocycles. The molecule has 0 aliphatic carbocycles. The topological polar surface area (TPSA) is 47.3 Å². The third kappa shape index (κ3) is 3.61. The van der Waals surface area contributed by atoms with Crippen molar-refractivity contribution in [2.75, 3.05) is 6.61 Å². The van der Waals surface area contributed by atoms with Crippen molar-refractivity contribution in [2.45, 2.75) is 53.2 Å². The second kappa shape index (κ2) is 7.50. The fourth-order valence-electron chi connectivity index (χ4n) is 3.29. The van der Waals surface area contributed by atoms with Crippen molar-refractivity contribution in [3.05, 3.63) is 58.9 Å². The van der Waals surface area contributed by atoms with Crippen molar-refractivity contribution >= 4 is 11.0 Å². The predicted molar refractivity (Wildman–Crippen MR) is 106 cm³/mol. The number of aliphatic hydroxyl groups is 1. The fraction of sp³-hybridized carbons (Fsp3) is 0.409. The summed E-state index contributed by atoms with van der Waals surface area (Å²) in [5.41, 5.74) is 5.62. The summed E-state index contributed by atoms with van der Waals surface area (Å²) in [7, 11) is 0. The summed E-state index contributed by atoms with van der Waals surface area (Å²) in [4.78, 5) is 4.64. The van der Waals surface area contributed by atoms with Gasteiger partial charge in [-0.25, -0.2) is 4.98 Å². The number of aryl methyl sites for hydroxylation is 2. The third-order valence-corrected chi connectivity index (χ3v) is 4.88. The van der Waals surface area contributed by atoms with E-state index < -0.39 is 6.10 Å². The van der Waals surface area contributed by atoms with Crippen LogP contribution in [0.15, 0.2) is 36.4 Å². The molecule has 0 aliphatic rings. The van der Waals surface area contributed by atoms with Crippen LogP contribution < -0.4 is 4.74 Å². The molecule has 2 aromatic carbocycles. The van der Waals surface area contributed by atoms with E-state index in [1.54, 1.807) is 6.92 Å². The van der Waals surface area contributed by atoms with Gasteiger partial charge in [0, 0.05) is 0 Å². The highest BCUT2D eigenvalue weighted by atomic mass is 16.5. The molecular weight excluding hydrogens is 324 g/mol. The molecule has 3 rings (SSSR count). The zero-order valence-electron chi connectivity index (χ0n) is 16.3. The Kier molecular flexibility index (Phi) is 5.33. The van der Waals surface area contributed by atoms with Gasteiger partial charge < -0.3 is 14.4 Å². The van der Waals surface area contributed by atoms with Gasteiger partial charge in [0.2, 0.25) is 0 Å². The highest BCUT2D eigenvalue weighted by Crippen LogP contribution is 2.27. The number of rotatable bonds is 6. The van der Waals surface area contributed by atoms with E-state index in [4.69, 9.17) is 4.74 Å². The third-order valence-electron chi connectivity index (χ3n) is 4.88. The lowest BCUT2D eigenvalue weighted by Crippen LogP contribution is -2.13. The molecule has 0 fully saturated rings. The smallest absolute Gasteiger partial charge is 0.138 e. The van der Waals surface area contributed by atoms with Crippen LogP contribution in [0.1, 0.15) is 55.3 Å². The van der Waals surface area contributed by atoms with E-state index in [2.05, 4.69) is 55.4 Å². The molecule has 0 bridgehead atoms. The minimum atomic E-state index is -0.619. The highest BCUT2D eigenvalue weighted by molar-refractivity contribution is 5.78. The summed E-state index contributed by atoms with van der Waals surface area (Å²) < 4.78 is 8.15. The van der Waals surface area contributed by atoms with E-state index in [0.29, 0.717) is 24.9 Å². The molecule has 138 valence electrons. The number of para-hydroxylation sites is 1. The van der Waals surface area contributed by atoms with E-state index in [1.165, 1.54) is 16.7 Å². The summed E-state index contributed by atoms with van der Waals surface area (Å²) in [6.07, 6.45) is -0.619. The second-order valence-electron chi connectivity index (χ2n) is 7.26. The monoisotopic (exact) mass is 352 g/mol. The van der Waals surface area contributed by atoms with Crippen LogP contribution >= 0.6 is 0 Å². The number of hydrogen-bond donors (Lipinski definition) is 1. The Morgan fingerprint density at radius 3 is 2.46 bits per heavy atom. The van der Waals surface area contributed by atoms with Crippen molar-refractivity contribution in [1.29, 1.82) is 0 Å². The van der Waals surface area contributed by atoms with Gasteiger partial charge in [-0.3, -0.25) is 0 Å². The first-order valence-corrected chi connectivity index (χ1v) is 9.25. The molecule has 0 saturated carbocycles. The van der Waals surface area contributed by atoms with E-state index in [0.717, 1.165) is 16.8 Å². The van der Waals surface area contributed by atoms with Gasteiger partial charge >= 0.3 is 0 Å². The minimum absolute atomic E-state index is 0.416. The predicted octanol–water partition coefficient (Wildman–Crippen LogP) is 4.91. The molecule has 0 amide bonds. The van der Waals surface area contributed by atoms with E-state index in [1.807, 2.05) is 18.2 Å². The van der Waals surface area contributed by atoms with E-state index in [-0.39, 0.29) is 0 Å². The normalized spacial score (nSPS) is 12.7. The zero-order chi connectivity index (χ0) is 18.8. The van der Waals surface area contributed by atoms with Crippen LogP contribution in [-0.4, -0.2) is 21.3 Å². The van der Waals surface area contributed by atoms with Gasteiger partial charge in [-0.05, 0) is 61.6 Å². The molecule has 1 atom stereocenters. The molecular formula is C22H28N2O2. The largest absolute Gasteiger partial charge is 0.491 e. The Balaban J connectivity index is 1.87. The standard InChI is InChI=1S/C22H28N2O2/c1-14(2)18-8-6-7-9-21(18)26-11-10-24-20-13-16(4)15(3)12-19(20)23-22(24)17(5)25/h6-9,12-14,17,25H,10-11H2,1-5H3. The maximum Gasteiger partial charge on any atom is 0.138 e. The van der Waals surface area contributed by atoms with Gasteiger partial charge in [-0.1, -0.05) is 32.0 Å². The molecule has 1 aromatic heterocycles. The molecule has 0 saturated heterocycles. The molecule has 1 N–H and O–H groups in total. The summed E-state index contributed by atoms with van der Waals surface area (Å²) in [5.74, 6) is 2.03. The number of aliphatic hydroxyl groups excluding tert-OH is 1. The SMILES string of the molecule is Cc1cc2nc(C(C)O)n(CCOc3ccccc3C(C)C)c2cc1C. The molecule has 1 unspecified atom stereocenters. The van der Waals surface area contributed by atoms with Crippen molar-refractivity contribution in [3.8, 4) is 5.75 Å². The number of hydrogen-bond acceptors (Lipinski definition) is 3. The average molecular weight is 352 g/mol. The number of nitrogens with zero attached hydrogens (tertiary/aromatic N) is 2.